The summed E-state index contributed by atoms with van der Waals surface area (Å²) in [6, 6.07) is 20.3. The lowest BCUT2D eigenvalue weighted by Crippen LogP contribution is -2.08. The lowest BCUT2D eigenvalue weighted by Gasteiger charge is -2.13. The summed E-state index contributed by atoms with van der Waals surface area (Å²) in [4.78, 5) is 14.0. The average molecular weight is 446 g/mol. The number of pyridine rings is 1. The van der Waals surface area contributed by atoms with Gasteiger partial charge in [-0.05, 0) is 51.0 Å². The highest BCUT2D eigenvalue weighted by Crippen LogP contribution is 2.28. The molecule has 0 amide bonds. The van der Waals surface area contributed by atoms with Crippen molar-refractivity contribution in [1.29, 1.82) is 5.26 Å². The van der Waals surface area contributed by atoms with Crippen LogP contribution in [0.2, 0.25) is 0 Å². The second-order valence-electron chi connectivity index (χ2n) is 8.38. The van der Waals surface area contributed by atoms with Crippen LogP contribution in [0.1, 0.15) is 28.1 Å². The number of nitrogens with one attached hydrogen (secondary N) is 1. The van der Waals surface area contributed by atoms with Crippen molar-refractivity contribution >= 4 is 22.5 Å². The van der Waals surface area contributed by atoms with E-state index in [2.05, 4.69) is 59.4 Å². The van der Waals surface area contributed by atoms with Gasteiger partial charge in [-0.25, -0.2) is 15.0 Å². The summed E-state index contributed by atoms with van der Waals surface area (Å²) in [5.74, 6) is 2.35. The number of fused-ring (bicyclic) bond motifs is 1. The number of nitriles is 1. The molecule has 2 aromatic carbocycles. The van der Waals surface area contributed by atoms with Crippen LogP contribution in [0.4, 0.5) is 11.6 Å². The topological polar surface area (TPSA) is 92.3 Å². The monoisotopic (exact) mass is 445 g/mol. The Morgan fingerprint density at radius 2 is 1.68 bits per heavy atom. The summed E-state index contributed by atoms with van der Waals surface area (Å²) in [6.45, 7) is 8.05. The summed E-state index contributed by atoms with van der Waals surface area (Å²) in [5.41, 5.74) is 6.50. The van der Waals surface area contributed by atoms with Crippen molar-refractivity contribution in [2.24, 2.45) is 0 Å². The number of hydrogen-bond donors (Lipinski definition) is 1. The lowest BCUT2D eigenvalue weighted by molar-refractivity contribution is 0.856. The zero-order valence-corrected chi connectivity index (χ0v) is 19.5. The molecule has 7 nitrogen and oxygen atoms in total. The third kappa shape index (κ3) is 3.86. The van der Waals surface area contributed by atoms with E-state index in [-0.39, 0.29) is 0 Å². The Bertz CT molecular complexity index is 1580. The van der Waals surface area contributed by atoms with Crippen LogP contribution in [-0.2, 0) is 0 Å². The van der Waals surface area contributed by atoms with Gasteiger partial charge in [0.1, 0.15) is 23.3 Å². The van der Waals surface area contributed by atoms with Crippen molar-refractivity contribution in [2.45, 2.75) is 27.7 Å². The maximum absolute atomic E-state index is 9.75. The Labute approximate surface area is 197 Å². The highest BCUT2D eigenvalue weighted by atomic mass is 15.4. The third-order valence-corrected chi connectivity index (χ3v) is 5.70. The fourth-order valence-corrected chi connectivity index (χ4v) is 4.17. The van der Waals surface area contributed by atoms with E-state index in [4.69, 9.17) is 4.98 Å². The van der Waals surface area contributed by atoms with Crippen molar-refractivity contribution < 1.29 is 0 Å². The summed E-state index contributed by atoms with van der Waals surface area (Å²) >= 11 is 0. The van der Waals surface area contributed by atoms with E-state index in [1.54, 1.807) is 4.68 Å². The zero-order valence-electron chi connectivity index (χ0n) is 19.5. The largest absolute Gasteiger partial charge is 0.324 e. The molecular formula is C27H23N7. The minimum absolute atomic E-state index is 0.401. The van der Waals surface area contributed by atoms with Gasteiger partial charge in [0.25, 0.3) is 0 Å². The predicted molar refractivity (Wildman–Crippen MR) is 133 cm³/mol. The molecule has 5 rings (SSSR count). The summed E-state index contributed by atoms with van der Waals surface area (Å²) in [7, 11) is 0. The minimum atomic E-state index is 0.401. The molecule has 7 heteroatoms. The molecule has 0 saturated heterocycles. The first-order chi connectivity index (χ1) is 16.4. The number of rotatable bonds is 4. The normalized spacial score (nSPS) is 10.9. The molecule has 0 saturated carbocycles. The van der Waals surface area contributed by atoms with Gasteiger partial charge in [-0.1, -0.05) is 42.0 Å². The van der Waals surface area contributed by atoms with Crippen molar-refractivity contribution in [3.63, 3.8) is 0 Å². The number of aromatic nitrogens is 5. The van der Waals surface area contributed by atoms with Crippen molar-refractivity contribution in [3.05, 3.63) is 88.9 Å². The average Bonchev–Trinajstić information content (AvgIpc) is 3.22. The number of aryl methyl sites for hydroxylation is 4. The van der Waals surface area contributed by atoms with E-state index < -0.39 is 0 Å². The van der Waals surface area contributed by atoms with Gasteiger partial charge in [0.15, 0.2) is 11.6 Å². The van der Waals surface area contributed by atoms with Crippen molar-refractivity contribution in [2.75, 3.05) is 5.32 Å². The van der Waals surface area contributed by atoms with Crippen molar-refractivity contribution in [3.8, 4) is 23.1 Å². The zero-order chi connectivity index (χ0) is 23.8. The van der Waals surface area contributed by atoms with Gasteiger partial charge in [-0.2, -0.15) is 15.0 Å². The van der Waals surface area contributed by atoms with Gasteiger partial charge in [-0.3, -0.25) is 0 Å². The van der Waals surface area contributed by atoms with Crippen LogP contribution in [0.25, 0.3) is 28.0 Å². The van der Waals surface area contributed by atoms with E-state index in [9.17, 15) is 5.26 Å². The molecule has 0 spiro atoms. The maximum atomic E-state index is 9.75. The van der Waals surface area contributed by atoms with Crippen LogP contribution in [0, 0.1) is 39.0 Å². The molecule has 5 aromatic rings. The number of nitrogens with zero attached hydrogens (tertiary/aromatic N) is 6. The van der Waals surface area contributed by atoms with Gasteiger partial charge in [0.2, 0.25) is 0 Å². The quantitative estimate of drug-likeness (QED) is 0.380. The third-order valence-electron chi connectivity index (χ3n) is 5.70. The van der Waals surface area contributed by atoms with Crippen LogP contribution >= 0.6 is 0 Å². The summed E-state index contributed by atoms with van der Waals surface area (Å²) in [6.07, 6.45) is 1.54. The molecule has 3 aromatic heterocycles. The Morgan fingerprint density at radius 3 is 2.44 bits per heavy atom. The Balaban J connectivity index is 1.62. The first kappa shape index (κ1) is 21.3. The van der Waals surface area contributed by atoms with E-state index in [0.717, 1.165) is 33.3 Å². The molecule has 0 aliphatic heterocycles. The maximum Gasteiger partial charge on any atom is 0.156 e. The first-order valence-corrected chi connectivity index (χ1v) is 11.0. The van der Waals surface area contributed by atoms with Gasteiger partial charge in [-0.15, -0.1) is 0 Å². The number of benzene rings is 2. The van der Waals surface area contributed by atoms with E-state index in [1.807, 2.05) is 49.4 Å². The lowest BCUT2D eigenvalue weighted by atomic mass is 10.0. The van der Waals surface area contributed by atoms with E-state index >= 15 is 0 Å². The number of anilines is 2. The molecule has 0 bridgehead atoms. The van der Waals surface area contributed by atoms with Crippen LogP contribution in [-0.4, -0.2) is 24.7 Å². The molecule has 3 heterocycles. The molecule has 0 unspecified atom stereocenters. The van der Waals surface area contributed by atoms with Crippen LogP contribution in [0.3, 0.4) is 0 Å². The highest BCUT2D eigenvalue weighted by molar-refractivity contribution is 5.86. The van der Waals surface area contributed by atoms with Gasteiger partial charge in [0.05, 0.1) is 17.4 Å². The molecular weight excluding hydrogens is 422 g/mol. The molecule has 166 valence electrons. The highest BCUT2D eigenvalue weighted by Gasteiger charge is 2.17. The summed E-state index contributed by atoms with van der Waals surface area (Å²) < 4.78 is 1.66. The SMILES string of the molecule is Cc1cc(C)c2nc(-n3ncc(C#N)c3Nc3cc(-c4ccccc4)nc(C)n3)cc(C)c2c1. The fraction of sp³-hybridized carbons (Fsp3) is 0.148. The smallest absolute Gasteiger partial charge is 0.156 e. The molecule has 0 radical (unpaired) electrons. The first-order valence-electron chi connectivity index (χ1n) is 11.0. The number of hydrogen-bond acceptors (Lipinski definition) is 6. The summed E-state index contributed by atoms with van der Waals surface area (Å²) in [5, 5.41) is 18.6. The standard InChI is InChI=1S/C27H23N7/c1-16-10-18(3)26-22(11-16)17(2)12-25(33-26)34-27(21(14-28)15-29-34)32-24-13-23(30-19(4)31-24)20-8-6-5-7-9-20/h5-13,15H,1-4H3,(H,30,31,32). The minimum Gasteiger partial charge on any atom is -0.324 e. The van der Waals surface area contributed by atoms with Gasteiger partial charge in [0, 0.05) is 17.0 Å². The second-order valence-corrected chi connectivity index (χ2v) is 8.38. The molecule has 0 aliphatic rings. The molecule has 34 heavy (non-hydrogen) atoms. The van der Waals surface area contributed by atoms with Crippen LogP contribution in [0.15, 0.2) is 60.8 Å². The van der Waals surface area contributed by atoms with Gasteiger partial charge < -0.3 is 5.32 Å². The van der Waals surface area contributed by atoms with E-state index in [0.29, 0.717) is 28.8 Å². The van der Waals surface area contributed by atoms with Gasteiger partial charge >= 0.3 is 0 Å². The van der Waals surface area contributed by atoms with Crippen molar-refractivity contribution in [1.82, 2.24) is 24.7 Å². The molecule has 0 fully saturated rings. The predicted octanol–water partition coefficient (Wildman–Crippen LogP) is 5.73. The Hall–Kier alpha value is -4.57. The second kappa shape index (κ2) is 8.41. The Kier molecular flexibility index (Phi) is 5.27. The Morgan fingerprint density at radius 1 is 0.882 bits per heavy atom. The molecule has 1 N–H and O–H groups in total. The molecule has 0 aliphatic carbocycles. The van der Waals surface area contributed by atoms with Crippen LogP contribution < -0.4 is 5.32 Å². The van der Waals surface area contributed by atoms with E-state index in [1.165, 1.54) is 11.8 Å². The van der Waals surface area contributed by atoms with Crippen LogP contribution in [0.5, 0.6) is 0 Å². The molecule has 0 atom stereocenters. The fourth-order valence-electron chi connectivity index (χ4n) is 4.17.